The number of sulfonamides is 2. The zero-order valence-electron chi connectivity index (χ0n) is 72.5. The second-order valence-electron chi connectivity index (χ2n) is 37.7. The lowest BCUT2D eigenvalue weighted by Gasteiger charge is -2.34. The first-order valence-corrected chi connectivity index (χ1v) is 46.5. The maximum Gasteiger partial charge on any atom is 0.427 e. The van der Waals surface area contributed by atoms with Crippen LogP contribution in [0.15, 0.2) is 60.7 Å². The number of hydrogen-bond acceptors (Lipinski definition) is 22. The first kappa shape index (κ1) is 92.8. The van der Waals surface area contributed by atoms with Gasteiger partial charge in [-0.3, -0.25) is 47.8 Å². The van der Waals surface area contributed by atoms with Crippen LogP contribution >= 0.6 is 0 Å². The summed E-state index contributed by atoms with van der Waals surface area (Å²) in [7, 11) is -4.97. The van der Waals surface area contributed by atoms with Crippen molar-refractivity contribution in [2.75, 3.05) is 40.5 Å². The third-order valence-corrected chi connectivity index (χ3v) is 32.1. The molecule has 2 saturated heterocycles. The number of carbonyl (C=O) groups is 8. The van der Waals surface area contributed by atoms with Crippen molar-refractivity contribution >= 4 is 88.7 Å². The topological polar surface area (TPSA) is 335 Å². The van der Waals surface area contributed by atoms with E-state index >= 15 is 9.59 Å². The van der Waals surface area contributed by atoms with Gasteiger partial charge in [0.15, 0.2) is 11.6 Å². The third-order valence-electron chi connectivity index (χ3n) is 27.8. The van der Waals surface area contributed by atoms with Gasteiger partial charge in [0, 0.05) is 47.6 Å². The van der Waals surface area contributed by atoms with Gasteiger partial charge >= 0.3 is 24.3 Å². The first-order valence-electron chi connectivity index (χ1n) is 43.5. The van der Waals surface area contributed by atoms with Crippen molar-refractivity contribution in [1.29, 1.82) is 0 Å². The number of benzene rings is 2. The van der Waals surface area contributed by atoms with Crippen LogP contribution in [-0.4, -0.2) is 182 Å². The van der Waals surface area contributed by atoms with Gasteiger partial charge in [-0.2, -0.15) is 36.3 Å². The fourth-order valence-electron chi connectivity index (χ4n) is 18.7. The summed E-state index contributed by atoms with van der Waals surface area (Å²) in [6, 6.07) is 8.52. The first-order chi connectivity index (χ1) is 58.2. The van der Waals surface area contributed by atoms with E-state index in [1.165, 1.54) is 9.80 Å². The number of aromatic nitrogens is 2. The number of hydrogen-bond donors (Lipinski definition) is 2. The van der Waals surface area contributed by atoms with Crippen molar-refractivity contribution in [1.82, 2.24) is 29.2 Å². The number of allylic oxidation sites excluding steroid dienone is 4. The highest BCUT2D eigenvalue weighted by Crippen LogP contribution is 2.60. The van der Waals surface area contributed by atoms with Crippen molar-refractivity contribution in [3.63, 3.8) is 0 Å². The Balaban J connectivity index is 0.000000213. The Bertz CT molecular complexity index is 4800. The minimum atomic E-state index is -4.87. The predicted octanol–water partition coefficient (Wildman–Crippen LogP) is 14.3. The number of pyridine rings is 2. The summed E-state index contributed by atoms with van der Waals surface area (Å²) in [5, 5.41) is 2.91. The molecule has 8 heterocycles. The van der Waals surface area contributed by atoms with Crippen molar-refractivity contribution in [3.05, 3.63) is 71.8 Å². The van der Waals surface area contributed by atoms with Crippen LogP contribution in [-0.2, 0) is 80.7 Å². The average Bonchev–Trinajstić information content (AvgIpc) is 1.56. The molecular formula is C90H116F6N6O20S2. The fourth-order valence-corrected chi connectivity index (χ4v) is 21.4. The lowest BCUT2D eigenvalue weighted by atomic mass is 9.79. The van der Waals surface area contributed by atoms with Gasteiger partial charge in [0.05, 0.1) is 97.6 Å². The number of fused-ring (bicyclic) bond motifs is 10. The molecule has 4 saturated carbocycles. The number of ketones is 2. The molecule has 0 bridgehead atoms. The Morgan fingerprint density at radius 1 is 0.556 bits per heavy atom. The third kappa shape index (κ3) is 19.4. The summed E-state index contributed by atoms with van der Waals surface area (Å²) in [4.78, 5) is 127. The number of methoxy groups -OCH3 is 2. The molecule has 10 aliphatic rings. The molecule has 2 aromatic carbocycles. The molecule has 34 heteroatoms. The zero-order chi connectivity index (χ0) is 90.0. The van der Waals surface area contributed by atoms with Gasteiger partial charge < -0.3 is 47.7 Å². The molecule has 4 aromatic rings. The maximum absolute atomic E-state index is 15.1. The molecule has 4 aliphatic carbocycles. The fraction of sp³-hybridized carbons (Fsp3) is 0.667. The molecule has 6 fully saturated rings. The van der Waals surface area contributed by atoms with E-state index in [9.17, 15) is 71.9 Å². The van der Waals surface area contributed by atoms with Crippen molar-refractivity contribution in [2.45, 2.75) is 281 Å². The number of carbonyl (C=O) groups excluding carboxylic acids is 8. The SMILES string of the molecule is CC[C@@H]1C[C@@H](C)CC/C=C\[C@@H]2C[C@@]2(C(=O)NS(=O)(=O)C2(C)CC2)CC(=O)[C@@H]2C[C@@H](Oc3nc4c(c5cc(OC)ccc35)CCCO4)CN2C(=O)[C@H]1CC(=O)OC(C)(C)C(F)(F)F.CC[C@@H]1C[C@H](C)CC/C=C\[C@@H]2C[C@@]2(C(=O)NS(=O)(=O)C2(C)CC2)CC(=O)[C@@H]2C[C@@H](Oc3nc4c(c5cc(OC)ccc35)CCCO4)CN2C(=O)[C@H]1CC(=O)OC(C)(C)C(F)(F)F. The molecule has 0 spiro atoms. The molecule has 14 rings (SSSR count). The van der Waals surface area contributed by atoms with Gasteiger partial charge in [0.1, 0.15) is 23.7 Å². The second-order valence-corrected chi connectivity index (χ2v) is 42.1. The quantitative estimate of drug-likeness (QED) is 0.0471. The van der Waals surface area contributed by atoms with Gasteiger partial charge in [0.25, 0.3) is 0 Å². The van der Waals surface area contributed by atoms with Crippen LogP contribution in [0.3, 0.4) is 0 Å². The standard InChI is InChI=1S/2C45H58F3N3O10S/c2*1-7-27-19-26(2)11-8-9-12-28-23-44(28,41(55)50-62(56,57)43(5)16-17-43)24-36(52)35-21-30(25-51(35)40(54)33(27)22-37(53)61-42(3,4)45(46,47)48)60-39-32-15-14-29(58-6)20-34(32)31-13-10-18-59-38(31)49-39/h2*9,12,14-15,20,26-28,30,33,35H,7-8,10-11,13,16-19,21-25H2,1-6H3,(H,50,55)/b2*12-9-/t26-,27+,28+,30+,33-,35-,44+;26-,27-,28-,30-,33+,35+,44-/m01/s1. The van der Waals surface area contributed by atoms with Crippen LogP contribution < -0.4 is 37.9 Å². The van der Waals surface area contributed by atoms with Gasteiger partial charge in [-0.05, 0) is 227 Å². The number of halogens is 6. The van der Waals surface area contributed by atoms with Crippen LogP contribution in [0.2, 0.25) is 0 Å². The van der Waals surface area contributed by atoms with E-state index in [-0.39, 0.29) is 75.2 Å². The van der Waals surface area contributed by atoms with Crippen LogP contribution in [0.4, 0.5) is 26.3 Å². The number of rotatable bonds is 20. The van der Waals surface area contributed by atoms with Crippen molar-refractivity contribution in [3.8, 4) is 35.0 Å². The Morgan fingerprint density at radius 2 is 0.927 bits per heavy atom. The summed E-state index contributed by atoms with van der Waals surface area (Å²) < 4.78 is 185. The largest absolute Gasteiger partial charge is 0.497 e. The lowest BCUT2D eigenvalue weighted by Crippen LogP contribution is -2.49. The maximum atomic E-state index is 15.1. The number of nitrogens with zero attached hydrogens (tertiary/aromatic N) is 4. The number of alkyl halides is 6. The molecule has 6 aliphatic heterocycles. The van der Waals surface area contributed by atoms with Gasteiger partial charge in [0.2, 0.25) is 78.4 Å². The highest BCUT2D eigenvalue weighted by molar-refractivity contribution is 7.92. The van der Waals surface area contributed by atoms with E-state index in [1.807, 2.05) is 76.3 Å². The zero-order valence-corrected chi connectivity index (χ0v) is 74.2. The van der Waals surface area contributed by atoms with Crippen LogP contribution in [0, 0.1) is 58.2 Å². The molecule has 0 unspecified atom stereocenters. The predicted molar refractivity (Wildman–Crippen MR) is 444 cm³/mol. The normalized spacial score (nSPS) is 29.5. The van der Waals surface area contributed by atoms with Crippen LogP contribution in [0.25, 0.3) is 21.5 Å². The number of aryl methyl sites for hydroxylation is 2. The Kier molecular flexibility index (Phi) is 26.5. The molecule has 124 heavy (non-hydrogen) atoms. The van der Waals surface area contributed by atoms with Crippen molar-refractivity contribution in [2.24, 2.45) is 58.2 Å². The Labute approximate surface area is 719 Å². The van der Waals surface area contributed by atoms with Crippen LogP contribution in [0.1, 0.15) is 222 Å². The van der Waals surface area contributed by atoms with Crippen molar-refractivity contribution < 1.29 is 119 Å². The molecule has 680 valence electrons. The van der Waals surface area contributed by atoms with Gasteiger partial charge in [-0.25, -0.2) is 16.8 Å². The molecular weight excluding hydrogens is 1660 g/mol. The second kappa shape index (κ2) is 35.4. The summed E-state index contributed by atoms with van der Waals surface area (Å²) in [6.07, 6.45) is 3.31. The van der Waals surface area contributed by atoms with E-state index in [0.717, 1.165) is 62.4 Å². The summed E-state index contributed by atoms with van der Waals surface area (Å²) in [5.41, 5.74) is -6.65. The molecule has 4 amide bonds. The van der Waals surface area contributed by atoms with E-state index in [2.05, 4.69) is 9.44 Å². The van der Waals surface area contributed by atoms with E-state index in [4.69, 9.17) is 47.9 Å². The Hall–Kier alpha value is -8.82. The summed E-state index contributed by atoms with van der Waals surface area (Å²) >= 11 is 0. The minimum absolute atomic E-state index is 0.0145. The monoisotopic (exact) mass is 1780 g/mol. The highest BCUT2D eigenvalue weighted by Gasteiger charge is 2.65. The number of Topliss-reactive ketones (excluding diaryl/α,β-unsaturated/α-hetero) is 2. The molecule has 26 nitrogen and oxygen atoms in total. The molecule has 2 aromatic heterocycles. The molecule has 2 N–H and O–H groups in total. The minimum Gasteiger partial charge on any atom is -0.497 e. The number of nitrogens with one attached hydrogen (secondary N) is 2. The smallest absolute Gasteiger partial charge is 0.427 e. The summed E-state index contributed by atoms with van der Waals surface area (Å²) in [6.45, 7) is 14.4. The Morgan fingerprint density at radius 3 is 1.27 bits per heavy atom. The summed E-state index contributed by atoms with van der Waals surface area (Å²) in [5.74, 6) is -7.86. The van der Waals surface area contributed by atoms with Gasteiger partial charge in [-0.15, -0.1) is 0 Å². The molecule has 14 atom stereocenters. The lowest BCUT2D eigenvalue weighted by molar-refractivity contribution is -0.257. The molecule has 0 radical (unpaired) electrons. The van der Waals surface area contributed by atoms with E-state index in [0.29, 0.717) is 137 Å². The van der Waals surface area contributed by atoms with E-state index < -0.39 is 184 Å². The number of esters is 2. The van der Waals surface area contributed by atoms with Crippen LogP contribution in [0.5, 0.6) is 35.0 Å². The van der Waals surface area contributed by atoms with E-state index in [1.54, 1.807) is 40.2 Å². The number of amides is 4. The highest BCUT2D eigenvalue weighted by atomic mass is 32.2. The average molecular weight is 1780 g/mol. The number of ether oxygens (including phenoxy) is 8. The van der Waals surface area contributed by atoms with Gasteiger partial charge in [-0.1, -0.05) is 64.8 Å².